The highest BCUT2D eigenvalue weighted by Crippen LogP contribution is 2.51. The molecule has 0 aliphatic carbocycles. The van der Waals surface area contributed by atoms with E-state index < -0.39 is 7.51 Å². The van der Waals surface area contributed by atoms with Gasteiger partial charge in [-0.3, -0.25) is 19.2 Å². The summed E-state index contributed by atoms with van der Waals surface area (Å²) in [7, 11) is 9.74. The van der Waals surface area contributed by atoms with E-state index in [2.05, 4.69) is 0 Å². The molecule has 4 nitrogen and oxygen atoms in total. The highest BCUT2D eigenvalue weighted by molar-refractivity contribution is 7.57. The van der Waals surface area contributed by atoms with Gasteiger partial charge < -0.3 is 0 Å². The zero-order chi connectivity index (χ0) is 9.23. The largest absolute Gasteiger partial charge is 0.277 e. The molecule has 0 aliphatic heterocycles. The Morgan fingerprint density at radius 1 is 0.750 bits per heavy atom. The van der Waals surface area contributed by atoms with E-state index in [1.807, 2.05) is 56.3 Å². The van der Waals surface area contributed by atoms with Crippen LogP contribution in [-0.2, 0) is 0 Å². The van der Waals surface area contributed by atoms with Gasteiger partial charge in [0.2, 0.25) is 0 Å². The van der Waals surface area contributed by atoms with E-state index in [9.17, 15) is 0 Å². The zero-order valence-corrected chi connectivity index (χ0v) is 10.4. The fourth-order valence-electron chi connectivity index (χ4n) is 1.07. The van der Waals surface area contributed by atoms with Gasteiger partial charge in [-0.25, -0.2) is 0 Å². The summed E-state index contributed by atoms with van der Waals surface area (Å²) < 4.78 is 5.90. The van der Waals surface area contributed by atoms with Gasteiger partial charge in [-0.1, -0.05) is 0 Å². The van der Waals surface area contributed by atoms with E-state index in [1.54, 1.807) is 0 Å². The lowest BCUT2D eigenvalue weighted by molar-refractivity contribution is 0.470. The molecule has 0 aromatic rings. The van der Waals surface area contributed by atoms with Crippen LogP contribution in [0.25, 0.3) is 0 Å². The topological polar surface area (TPSA) is 33.6 Å². The van der Waals surface area contributed by atoms with E-state index >= 15 is 0 Å². The van der Waals surface area contributed by atoms with Gasteiger partial charge in [0.15, 0.2) is 7.51 Å². The van der Waals surface area contributed by atoms with Crippen LogP contribution in [0.1, 0.15) is 0 Å². The Hall–Kier alpha value is 0.400. The molecule has 0 spiro atoms. The van der Waals surface area contributed by atoms with Gasteiger partial charge in [-0.15, -0.1) is 12.4 Å². The predicted molar refractivity (Wildman–Crippen MR) is 57.9 cm³/mol. The van der Waals surface area contributed by atoms with Crippen molar-refractivity contribution < 1.29 is 0 Å². The van der Waals surface area contributed by atoms with Gasteiger partial charge in [0.05, 0.1) is 0 Å². The van der Waals surface area contributed by atoms with Crippen molar-refractivity contribution in [3.8, 4) is 0 Å². The van der Waals surface area contributed by atoms with Crippen molar-refractivity contribution in [2.75, 3.05) is 42.3 Å². The Kier molecular flexibility index (Phi) is 6.46. The Morgan fingerprint density at radius 2 is 0.917 bits per heavy atom. The van der Waals surface area contributed by atoms with Crippen LogP contribution >= 0.6 is 19.9 Å². The predicted octanol–water partition coefficient (Wildman–Crippen LogP) is 1.62. The van der Waals surface area contributed by atoms with E-state index in [4.69, 9.17) is 5.16 Å². The number of nitrogens with zero attached hydrogens (tertiary/aromatic N) is 3. The minimum Gasteiger partial charge on any atom is -0.277 e. The van der Waals surface area contributed by atoms with Gasteiger partial charge in [-0.05, 0) is 42.3 Å². The molecule has 0 radical (unpaired) electrons. The quantitative estimate of drug-likeness (QED) is 0.725. The minimum atomic E-state index is -1.94. The molecule has 0 aliphatic rings. The molecule has 0 rings (SSSR count). The van der Waals surface area contributed by atoms with Crippen LogP contribution < -0.4 is 0 Å². The summed E-state index contributed by atoms with van der Waals surface area (Å²) in [6.07, 6.45) is 0. The summed E-state index contributed by atoms with van der Waals surface area (Å²) in [5.41, 5.74) is 0. The van der Waals surface area contributed by atoms with E-state index in [-0.39, 0.29) is 12.4 Å². The van der Waals surface area contributed by atoms with Crippen LogP contribution in [0.3, 0.4) is 0 Å². The molecular weight excluding hydrogens is 195 g/mol. The van der Waals surface area contributed by atoms with Crippen molar-refractivity contribution in [2.24, 2.45) is 0 Å². The van der Waals surface area contributed by atoms with Crippen molar-refractivity contribution in [2.45, 2.75) is 0 Å². The molecule has 0 bridgehead atoms. The second-order valence-corrected chi connectivity index (χ2v) is 6.65. The highest BCUT2D eigenvalue weighted by Gasteiger charge is 2.24. The molecule has 0 unspecified atom stereocenters. The summed E-state index contributed by atoms with van der Waals surface area (Å²) in [5, 5.41) is 8.17. The Labute approximate surface area is 81.9 Å². The molecule has 0 aromatic carbocycles. The maximum atomic E-state index is 8.17. The number of nitrogens with one attached hydrogen (secondary N) is 1. The first kappa shape index (κ1) is 14.9. The van der Waals surface area contributed by atoms with Crippen LogP contribution in [0.15, 0.2) is 0 Å². The molecule has 0 fully saturated rings. The third-order valence-corrected chi connectivity index (χ3v) is 5.02. The summed E-state index contributed by atoms with van der Waals surface area (Å²) >= 11 is 0. The lowest BCUT2D eigenvalue weighted by atomic mass is 11.2. The average molecular weight is 215 g/mol. The molecular formula is C6H20ClN4P. The molecule has 12 heavy (non-hydrogen) atoms. The molecule has 0 saturated carbocycles. The average Bonchev–Trinajstić information content (AvgIpc) is 1.84. The van der Waals surface area contributed by atoms with Gasteiger partial charge in [0.1, 0.15) is 0 Å². The molecule has 0 heterocycles. The minimum absolute atomic E-state index is 0. The second-order valence-electron chi connectivity index (χ2n) is 3.11. The maximum Gasteiger partial charge on any atom is 0.163 e. The van der Waals surface area contributed by atoms with Gasteiger partial charge in [0.25, 0.3) is 0 Å². The second kappa shape index (κ2) is 5.20. The Bertz CT molecular complexity index is 140. The first-order valence-corrected chi connectivity index (χ1v) is 5.15. The Morgan fingerprint density at radius 3 is 0.917 bits per heavy atom. The van der Waals surface area contributed by atoms with Crippen molar-refractivity contribution in [3.63, 3.8) is 0 Å². The number of halogens is 1. The standard InChI is InChI=1S/C6H19N4P.ClH/c1-8(2)11(7,9(3)4)10(5)6;/h7H,1-6H3;1H. The normalized spacial score (nSPS) is 12.4. The zero-order valence-electron chi connectivity index (χ0n) is 8.70. The maximum absolute atomic E-state index is 8.17. The van der Waals surface area contributed by atoms with Gasteiger partial charge in [-0.2, -0.15) is 0 Å². The summed E-state index contributed by atoms with van der Waals surface area (Å²) in [4.78, 5) is 0. The third-order valence-electron chi connectivity index (χ3n) is 1.67. The van der Waals surface area contributed by atoms with Crippen molar-refractivity contribution >= 4 is 19.9 Å². The first-order valence-electron chi connectivity index (χ1n) is 3.51. The van der Waals surface area contributed by atoms with Crippen molar-refractivity contribution in [1.29, 1.82) is 5.16 Å². The van der Waals surface area contributed by atoms with Gasteiger partial charge in [0, 0.05) is 0 Å². The van der Waals surface area contributed by atoms with Gasteiger partial charge >= 0.3 is 0 Å². The van der Waals surface area contributed by atoms with Crippen molar-refractivity contribution in [1.82, 2.24) is 14.0 Å². The van der Waals surface area contributed by atoms with Crippen LogP contribution in [0.2, 0.25) is 0 Å². The third kappa shape index (κ3) is 2.71. The molecule has 6 heteroatoms. The van der Waals surface area contributed by atoms with Crippen LogP contribution in [0.5, 0.6) is 0 Å². The van der Waals surface area contributed by atoms with Crippen LogP contribution in [-0.4, -0.2) is 56.3 Å². The summed E-state index contributed by atoms with van der Waals surface area (Å²) in [6.45, 7) is 0. The molecule has 0 atom stereocenters. The van der Waals surface area contributed by atoms with Crippen LogP contribution in [0, 0.1) is 5.16 Å². The fraction of sp³-hybridized carbons (Fsp3) is 1.00. The molecule has 0 saturated heterocycles. The fourth-order valence-corrected chi connectivity index (χ4v) is 3.22. The summed E-state index contributed by atoms with van der Waals surface area (Å²) in [6, 6.07) is 0. The number of hydrogen-bond acceptors (Lipinski definition) is 1. The Balaban J connectivity index is 0. The van der Waals surface area contributed by atoms with Crippen molar-refractivity contribution in [3.05, 3.63) is 0 Å². The van der Waals surface area contributed by atoms with E-state index in [0.29, 0.717) is 0 Å². The highest BCUT2D eigenvalue weighted by atomic mass is 35.5. The SMILES string of the molecule is CN(C)P(=N)(N(C)C)N(C)C.Cl. The van der Waals surface area contributed by atoms with E-state index in [1.165, 1.54) is 0 Å². The monoisotopic (exact) mass is 214 g/mol. The first-order chi connectivity index (χ1) is 4.83. The smallest absolute Gasteiger partial charge is 0.163 e. The van der Waals surface area contributed by atoms with Crippen LogP contribution in [0.4, 0.5) is 0 Å². The number of rotatable bonds is 3. The summed E-state index contributed by atoms with van der Waals surface area (Å²) in [5.74, 6) is 0. The lowest BCUT2D eigenvalue weighted by Crippen LogP contribution is -2.29. The molecule has 1 N–H and O–H groups in total. The van der Waals surface area contributed by atoms with E-state index in [0.717, 1.165) is 0 Å². The molecule has 76 valence electrons. The number of hydrogen-bond donors (Lipinski definition) is 1. The molecule has 0 aromatic heterocycles. The molecule has 0 amide bonds. The lowest BCUT2D eigenvalue weighted by Gasteiger charge is -2.39.